The van der Waals surface area contributed by atoms with Crippen LogP contribution < -0.4 is 0 Å². The van der Waals surface area contributed by atoms with E-state index in [0.29, 0.717) is 19.4 Å². The van der Waals surface area contributed by atoms with Crippen LogP contribution in [-0.2, 0) is 16.0 Å². The molecule has 0 fully saturated rings. The maximum Gasteiger partial charge on any atom is 0.306 e. The van der Waals surface area contributed by atoms with Gasteiger partial charge in [0.1, 0.15) is 5.82 Å². The number of carbonyl (C=O) groups is 1. The monoisotopic (exact) mass is 254 g/mol. The van der Waals surface area contributed by atoms with Gasteiger partial charge in [0, 0.05) is 6.61 Å². The minimum absolute atomic E-state index is 0.102. The van der Waals surface area contributed by atoms with E-state index < -0.39 is 11.9 Å². The van der Waals surface area contributed by atoms with E-state index in [1.165, 1.54) is 12.1 Å². The SMILES string of the molecule is CC(C)OCCC(Cc1ccc(F)cc1)C(=O)O. The van der Waals surface area contributed by atoms with Crippen LogP contribution in [0.2, 0.25) is 0 Å². The van der Waals surface area contributed by atoms with Gasteiger partial charge in [-0.05, 0) is 44.4 Å². The van der Waals surface area contributed by atoms with Crippen molar-refractivity contribution in [1.29, 1.82) is 0 Å². The number of carboxylic acid groups (broad SMARTS) is 1. The summed E-state index contributed by atoms with van der Waals surface area (Å²) in [6.07, 6.45) is 0.965. The summed E-state index contributed by atoms with van der Waals surface area (Å²) in [5, 5.41) is 9.12. The number of hydrogen-bond donors (Lipinski definition) is 1. The lowest BCUT2D eigenvalue weighted by Crippen LogP contribution is -2.19. The predicted octanol–water partition coefficient (Wildman–Crippen LogP) is 2.88. The topological polar surface area (TPSA) is 46.5 Å². The first-order valence-electron chi connectivity index (χ1n) is 6.08. The fourth-order valence-corrected chi connectivity index (χ4v) is 1.66. The fraction of sp³-hybridized carbons (Fsp3) is 0.500. The summed E-state index contributed by atoms with van der Waals surface area (Å²) in [6, 6.07) is 5.93. The molecule has 1 unspecified atom stereocenters. The molecular formula is C14H19FO3. The third-order valence-electron chi connectivity index (χ3n) is 2.66. The first-order chi connectivity index (χ1) is 8.49. The van der Waals surface area contributed by atoms with Crippen LogP contribution in [0.5, 0.6) is 0 Å². The van der Waals surface area contributed by atoms with Gasteiger partial charge in [-0.2, -0.15) is 0 Å². The quantitative estimate of drug-likeness (QED) is 0.813. The van der Waals surface area contributed by atoms with Crippen LogP contribution in [0.15, 0.2) is 24.3 Å². The van der Waals surface area contributed by atoms with Crippen LogP contribution in [0, 0.1) is 11.7 Å². The summed E-state index contributed by atoms with van der Waals surface area (Å²) in [6.45, 7) is 4.25. The Morgan fingerprint density at radius 2 is 1.94 bits per heavy atom. The summed E-state index contributed by atoms with van der Waals surface area (Å²) < 4.78 is 18.1. The molecule has 0 aliphatic rings. The summed E-state index contributed by atoms with van der Waals surface area (Å²) in [4.78, 5) is 11.1. The first kappa shape index (κ1) is 14.6. The van der Waals surface area contributed by atoms with Crippen molar-refractivity contribution in [3.05, 3.63) is 35.6 Å². The van der Waals surface area contributed by atoms with Crippen LogP contribution in [0.25, 0.3) is 0 Å². The molecule has 1 aromatic carbocycles. The summed E-state index contributed by atoms with van der Waals surface area (Å²) in [7, 11) is 0. The van der Waals surface area contributed by atoms with Gasteiger partial charge in [0.05, 0.1) is 12.0 Å². The van der Waals surface area contributed by atoms with Crippen LogP contribution in [0.4, 0.5) is 4.39 Å². The highest BCUT2D eigenvalue weighted by atomic mass is 19.1. The molecule has 0 aromatic heterocycles. The number of carboxylic acids is 1. The number of benzene rings is 1. The Bertz CT molecular complexity index is 373. The van der Waals surface area contributed by atoms with Gasteiger partial charge in [0.15, 0.2) is 0 Å². The minimum Gasteiger partial charge on any atom is -0.481 e. The van der Waals surface area contributed by atoms with Crippen molar-refractivity contribution in [3.63, 3.8) is 0 Å². The number of halogens is 1. The summed E-state index contributed by atoms with van der Waals surface area (Å²) >= 11 is 0. The molecule has 0 saturated carbocycles. The van der Waals surface area contributed by atoms with Crippen molar-refractivity contribution in [2.75, 3.05) is 6.61 Å². The van der Waals surface area contributed by atoms with Crippen LogP contribution >= 0.6 is 0 Å². The largest absolute Gasteiger partial charge is 0.481 e. The van der Waals surface area contributed by atoms with Crippen molar-refractivity contribution in [1.82, 2.24) is 0 Å². The van der Waals surface area contributed by atoms with Crippen molar-refractivity contribution in [2.45, 2.75) is 32.8 Å². The zero-order chi connectivity index (χ0) is 13.5. The molecule has 0 saturated heterocycles. The van der Waals surface area contributed by atoms with E-state index in [4.69, 9.17) is 9.84 Å². The normalized spacial score (nSPS) is 12.7. The molecule has 18 heavy (non-hydrogen) atoms. The van der Waals surface area contributed by atoms with Crippen LogP contribution in [0.3, 0.4) is 0 Å². The average molecular weight is 254 g/mol. The lowest BCUT2D eigenvalue weighted by Gasteiger charge is -2.14. The highest BCUT2D eigenvalue weighted by Crippen LogP contribution is 2.14. The Balaban J connectivity index is 2.52. The number of hydrogen-bond acceptors (Lipinski definition) is 2. The van der Waals surface area contributed by atoms with Gasteiger partial charge in [-0.15, -0.1) is 0 Å². The minimum atomic E-state index is -0.841. The molecule has 0 radical (unpaired) electrons. The standard InChI is InChI=1S/C14H19FO3/c1-10(2)18-8-7-12(14(16)17)9-11-3-5-13(15)6-4-11/h3-6,10,12H,7-9H2,1-2H3,(H,16,17). The van der Waals surface area contributed by atoms with Crippen molar-refractivity contribution < 1.29 is 19.0 Å². The molecule has 1 N–H and O–H groups in total. The van der Waals surface area contributed by atoms with Crippen molar-refractivity contribution in [2.24, 2.45) is 5.92 Å². The highest BCUT2D eigenvalue weighted by Gasteiger charge is 2.18. The van der Waals surface area contributed by atoms with Crippen LogP contribution in [0.1, 0.15) is 25.8 Å². The third kappa shape index (κ3) is 5.27. The van der Waals surface area contributed by atoms with Gasteiger partial charge in [-0.1, -0.05) is 12.1 Å². The predicted molar refractivity (Wildman–Crippen MR) is 66.9 cm³/mol. The van der Waals surface area contributed by atoms with E-state index in [-0.39, 0.29) is 11.9 Å². The molecule has 0 bridgehead atoms. The number of rotatable bonds is 7. The molecule has 0 spiro atoms. The Kier molecular flexibility index (Phi) is 5.78. The lowest BCUT2D eigenvalue weighted by molar-refractivity contribution is -0.142. The maximum absolute atomic E-state index is 12.7. The van der Waals surface area contributed by atoms with Gasteiger partial charge in [-0.25, -0.2) is 4.39 Å². The highest BCUT2D eigenvalue weighted by molar-refractivity contribution is 5.70. The number of aliphatic carboxylic acids is 1. The second kappa shape index (κ2) is 7.11. The Morgan fingerprint density at radius 3 is 2.44 bits per heavy atom. The van der Waals surface area contributed by atoms with Gasteiger partial charge in [0.2, 0.25) is 0 Å². The van der Waals surface area contributed by atoms with Crippen molar-refractivity contribution in [3.8, 4) is 0 Å². The summed E-state index contributed by atoms with van der Waals surface area (Å²) in [5.41, 5.74) is 0.827. The third-order valence-corrected chi connectivity index (χ3v) is 2.66. The zero-order valence-electron chi connectivity index (χ0n) is 10.7. The first-order valence-corrected chi connectivity index (χ1v) is 6.08. The fourth-order valence-electron chi connectivity index (χ4n) is 1.66. The molecule has 0 heterocycles. The van der Waals surface area contributed by atoms with E-state index in [0.717, 1.165) is 5.56 Å². The Labute approximate surface area is 107 Å². The second-order valence-electron chi connectivity index (χ2n) is 4.57. The van der Waals surface area contributed by atoms with Gasteiger partial charge < -0.3 is 9.84 Å². The van der Waals surface area contributed by atoms with E-state index in [1.807, 2.05) is 13.8 Å². The Hall–Kier alpha value is -1.42. The van der Waals surface area contributed by atoms with E-state index >= 15 is 0 Å². The molecule has 0 aliphatic carbocycles. The van der Waals surface area contributed by atoms with Gasteiger partial charge >= 0.3 is 5.97 Å². The molecule has 0 amide bonds. The van der Waals surface area contributed by atoms with Crippen molar-refractivity contribution >= 4 is 5.97 Å². The lowest BCUT2D eigenvalue weighted by atomic mass is 9.96. The average Bonchev–Trinajstić information content (AvgIpc) is 2.30. The zero-order valence-corrected chi connectivity index (χ0v) is 10.7. The maximum atomic E-state index is 12.7. The van der Waals surface area contributed by atoms with E-state index in [2.05, 4.69) is 0 Å². The molecule has 0 aliphatic heterocycles. The Morgan fingerprint density at radius 1 is 1.33 bits per heavy atom. The molecule has 4 heteroatoms. The molecule has 100 valence electrons. The second-order valence-corrected chi connectivity index (χ2v) is 4.57. The molecule has 1 atom stereocenters. The smallest absolute Gasteiger partial charge is 0.306 e. The molecule has 1 aromatic rings. The van der Waals surface area contributed by atoms with E-state index in [1.54, 1.807) is 12.1 Å². The number of ether oxygens (including phenoxy) is 1. The van der Waals surface area contributed by atoms with Gasteiger partial charge in [0.25, 0.3) is 0 Å². The molecular weight excluding hydrogens is 235 g/mol. The molecule has 3 nitrogen and oxygen atoms in total. The van der Waals surface area contributed by atoms with Gasteiger partial charge in [-0.3, -0.25) is 4.79 Å². The molecule has 1 rings (SSSR count). The summed E-state index contributed by atoms with van der Waals surface area (Å²) in [5.74, 6) is -1.64. The van der Waals surface area contributed by atoms with Crippen LogP contribution in [-0.4, -0.2) is 23.8 Å². The van der Waals surface area contributed by atoms with E-state index in [9.17, 15) is 9.18 Å².